The molecule has 2 aromatic rings. The van der Waals surface area contributed by atoms with Crippen LogP contribution in [-0.2, 0) is 11.3 Å². The molecule has 1 saturated heterocycles. The highest BCUT2D eigenvalue weighted by Gasteiger charge is 2.25. The van der Waals surface area contributed by atoms with Gasteiger partial charge in [0.05, 0.1) is 4.88 Å². The lowest BCUT2D eigenvalue weighted by Gasteiger charge is -2.34. The van der Waals surface area contributed by atoms with E-state index in [2.05, 4.69) is 0 Å². The van der Waals surface area contributed by atoms with Gasteiger partial charge in [0.15, 0.2) is 0 Å². The molecule has 3 heterocycles. The molecule has 2 amide bonds. The number of aryl methyl sites for hydroxylation is 1. The van der Waals surface area contributed by atoms with E-state index >= 15 is 0 Å². The Morgan fingerprint density at radius 3 is 2.50 bits per heavy atom. The first-order chi connectivity index (χ1) is 12.5. The molecule has 2 aromatic heterocycles. The van der Waals surface area contributed by atoms with Gasteiger partial charge in [0.1, 0.15) is 18.2 Å². The third kappa shape index (κ3) is 3.53. The van der Waals surface area contributed by atoms with Gasteiger partial charge < -0.3 is 14.4 Å². The first-order valence-electron chi connectivity index (χ1n) is 8.22. The van der Waals surface area contributed by atoms with Crippen molar-refractivity contribution in [2.45, 2.75) is 13.5 Å². The average molecular weight is 370 g/mol. The molecule has 1 aliphatic heterocycles. The normalized spacial score (nSPS) is 14.2. The zero-order chi connectivity index (χ0) is 18.7. The first kappa shape index (κ1) is 17.9. The number of carbonyl (C=O) groups excluding carboxylic acids is 2. The molecule has 0 aromatic carbocycles. The SMILES string of the molecule is Cc1ccn(CC(=O)N2CCN(C(=O)c3cccs3)CC2)c(=O)c1C#N. The summed E-state index contributed by atoms with van der Waals surface area (Å²) in [5.74, 6) is -0.205. The Morgan fingerprint density at radius 1 is 1.19 bits per heavy atom. The fourth-order valence-electron chi connectivity index (χ4n) is 2.89. The zero-order valence-corrected chi connectivity index (χ0v) is 15.2. The molecule has 0 unspecified atom stereocenters. The number of aromatic nitrogens is 1. The van der Waals surface area contributed by atoms with E-state index in [4.69, 9.17) is 5.26 Å². The van der Waals surface area contributed by atoms with Crippen LogP contribution in [0, 0.1) is 18.3 Å². The van der Waals surface area contributed by atoms with Crippen LogP contribution in [-0.4, -0.2) is 52.4 Å². The van der Waals surface area contributed by atoms with Crippen molar-refractivity contribution in [2.75, 3.05) is 26.2 Å². The third-order valence-electron chi connectivity index (χ3n) is 4.44. The number of hydrogen-bond donors (Lipinski definition) is 0. The quantitative estimate of drug-likeness (QED) is 0.809. The van der Waals surface area contributed by atoms with Crippen molar-refractivity contribution in [1.82, 2.24) is 14.4 Å². The molecule has 26 heavy (non-hydrogen) atoms. The van der Waals surface area contributed by atoms with E-state index in [0.29, 0.717) is 36.6 Å². The van der Waals surface area contributed by atoms with Gasteiger partial charge in [-0.15, -0.1) is 11.3 Å². The summed E-state index contributed by atoms with van der Waals surface area (Å²) in [6.07, 6.45) is 1.53. The monoisotopic (exact) mass is 370 g/mol. The lowest BCUT2D eigenvalue weighted by Crippen LogP contribution is -2.51. The van der Waals surface area contributed by atoms with Crippen molar-refractivity contribution >= 4 is 23.2 Å². The van der Waals surface area contributed by atoms with Crippen LogP contribution in [0.5, 0.6) is 0 Å². The number of piperazine rings is 1. The molecule has 0 radical (unpaired) electrons. The summed E-state index contributed by atoms with van der Waals surface area (Å²) in [6, 6.07) is 7.18. The van der Waals surface area contributed by atoms with Gasteiger partial charge in [0.2, 0.25) is 5.91 Å². The Kier molecular flexibility index (Phi) is 5.19. The van der Waals surface area contributed by atoms with E-state index in [1.165, 1.54) is 22.1 Å². The largest absolute Gasteiger partial charge is 0.338 e. The lowest BCUT2D eigenvalue weighted by molar-refractivity contribution is -0.133. The summed E-state index contributed by atoms with van der Waals surface area (Å²) in [5, 5.41) is 10.9. The Bertz CT molecular complexity index is 919. The van der Waals surface area contributed by atoms with Crippen LogP contribution in [0.1, 0.15) is 20.8 Å². The van der Waals surface area contributed by atoms with Gasteiger partial charge in [-0.25, -0.2) is 0 Å². The fourth-order valence-corrected chi connectivity index (χ4v) is 3.58. The van der Waals surface area contributed by atoms with Crippen LogP contribution in [0.25, 0.3) is 0 Å². The molecule has 0 spiro atoms. The maximum atomic E-state index is 12.5. The summed E-state index contributed by atoms with van der Waals surface area (Å²) in [7, 11) is 0. The molecule has 1 fully saturated rings. The smallest absolute Gasteiger partial charge is 0.269 e. The number of thiophene rings is 1. The van der Waals surface area contributed by atoms with Gasteiger partial charge in [-0.3, -0.25) is 14.4 Å². The molecule has 1 aliphatic rings. The van der Waals surface area contributed by atoms with Gasteiger partial charge in [0.25, 0.3) is 11.5 Å². The second kappa shape index (κ2) is 7.54. The van der Waals surface area contributed by atoms with Gasteiger partial charge in [-0.1, -0.05) is 6.07 Å². The minimum Gasteiger partial charge on any atom is -0.338 e. The van der Waals surface area contributed by atoms with Crippen molar-refractivity contribution in [3.63, 3.8) is 0 Å². The van der Waals surface area contributed by atoms with Crippen LogP contribution >= 0.6 is 11.3 Å². The second-order valence-electron chi connectivity index (χ2n) is 6.07. The minimum absolute atomic E-state index is 0.0134. The molecular formula is C18H18N4O3S. The van der Waals surface area contributed by atoms with Gasteiger partial charge in [-0.2, -0.15) is 5.26 Å². The molecule has 8 heteroatoms. The molecule has 134 valence electrons. The lowest BCUT2D eigenvalue weighted by atomic mass is 10.2. The molecule has 7 nitrogen and oxygen atoms in total. The minimum atomic E-state index is -0.452. The van der Waals surface area contributed by atoms with Crippen molar-refractivity contribution in [1.29, 1.82) is 5.26 Å². The van der Waals surface area contributed by atoms with Crippen LogP contribution in [0.2, 0.25) is 0 Å². The first-order valence-corrected chi connectivity index (χ1v) is 9.10. The van der Waals surface area contributed by atoms with Crippen LogP contribution < -0.4 is 5.56 Å². The maximum Gasteiger partial charge on any atom is 0.269 e. The summed E-state index contributed by atoms with van der Waals surface area (Å²) in [5.41, 5.74) is 0.209. The predicted octanol–water partition coefficient (Wildman–Crippen LogP) is 1.07. The standard InChI is InChI=1S/C18H18N4O3S/c1-13-4-5-22(17(24)14(13)11-19)12-16(23)20-6-8-21(9-7-20)18(25)15-3-2-10-26-15/h2-5,10H,6-9,12H2,1H3. The molecule has 0 atom stereocenters. The van der Waals surface area contributed by atoms with Gasteiger partial charge >= 0.3 is 0 Å². The maximum absolute atomic E-state index is 12.5. The molecule has 0 saturated carbocycles. The number of nitriles is 1. The Morgan fingerprint density at radius 2 is 1.88 bits per heavy atom. The summed E-state index contributed by atoms with van der Waals surface area (Å²) < 4.78 is 1.26. The number of carbonyl (C=O) groups is 2. The van der Waals surface area contributed by atoms with E-state index in [1.54, 1.807) is 28.9 Å². The summed E-state index contributed by atoms with van der Waals surface area (Å²) >= 11 is 1.40. The molecule has 0 bridgehead atoms. The van der Waals surface area contributed by atoms with Crippen molar-refractivity contribution in [3.8, 4) is 6.07 Å². The van der Waals surface area contributed by atoms with Crippen molar-refractivity contribution < 1.29 is 9.59 Å². The highest BCUT2D eigenvalue weighted by Crippen LogP contribution is 2.14. The fraction of sp³-hybridized carbons (Fsp3) is 0.333. The van der Waals surface area contributed by atoms with E-state index in [9.17, 15) is 14.4 Å². The number of rotatable bonds is 3. The van der Waals surface area contributed by atoms with E-state index in [1.807, 2.05) is 17.5 Å². The van der Waals surface area contributed by atoms with Gasteiger partial charge in [-0.05, 0) is 30.0 Å². The second-order valence-corrected chi connectivity index (χ2v) is 7.02. The number of nitrogens with zero attached hydrogens (tertiary/aromatic N) is 4. The highest BCUT2D eigenvalue weighted by molar-refractivity contribution is 7.12. The van der Waals surface area contributed by atoms with E-state index in [-0.39, 0.29) is 23.9 Å². The van der Waals surface area contributed by atoms with Crippen LogP contribution in [0.15, 0.2) is 34.6 Å². The van der Waals surface area contributed by atoms with Gasteiger partial charge in [0, 0.05) is 32.4 Å². The average Bonchev–Trinajstić information content (AvgIpc) is 3.19. The predicted molar refractivity (Wildman–Crippen MR) is 97.0 cm³/mol. The summed E-state index contributed by atoms with van der Waals surface area (Å²) in [6.45, 7) is 3.38. The Balaban J connectivity index is 1.62. The molecule has 0 N–H and O–H groups in total. The number of pyridine rings is 1. The number of amides is 2. The topological polar surface area (TPSA) is 86.4 Å². The molecular weight excluding hydrogens is 352 g/mol. The Labute approximate surface area is 154 Å². The zero-order valence-electron chi connectivity index (χ0n) is 14.3. The van der Waals surface area contributed by atoms with Crippen molar-refractivity contribution in [3.05, 3.63) is 56.1 Å². The highest BCUT2D eigenvalue weighted by atomic mass is 32.1. The van der Waals surface area contributed by atoms with Crippen LogP contribution in [0.4, 0.5) is 0 Å². The molecule has 0 aliphatic carbocycles. The van der Waals surface area contributed by atoms with Crippen LogP contribution in [0.3, 0.4) is 0 Å². The van der Waals surface area contributed by atoms with Crippen molar-refractivity contribution in [2.24, 2.45) is 0 Å². The summed E-state index contributed by atoms with van der Waals surface area (Å²) in [4.78, 5) is 41.1. The Hall–Kier alpha value is -2.92. The van der Waals surface area contributed by atoms with E-state index < -0.39 is 5.56 Å². The number of hydrogen-bond acceptors (Lipinski definition) is 5. The molecule has 3 rings (SSSR count). The third-order valence-corrected chi connectivity index (χ3v) is 5.30. The van der Waals surface area contributed by atoms with E-state index in [0.717, 1.165) is 0 Å².